The summed E-state index contributed by atoms with van der Waals surface area (Å²) in [5, 5.41) is 0. The van der Waals surface area contributed by atoms with Gasteiger partial charge in [-0.1, -0.05) is 0 Å². The van der Waals surface area contributed by atoms with Gasteiger partial charge >= 0.3 is 0 Å². The highest BCUT2D eigenvalue weighted by Crippen LogP contribution is 2.27. The predicted octanol–water partition coefficient (Wildman–Crippen LogP) is 0.675. The van der Waals surface area contributed by atoms with Gasteiger partial charge in [-0.05, 0) is 26.0 Å². The zero-order chi connectivity index (χ0) is 13.1. The lowest BCUT2D eigenvalue weighted by Crippen LogP contribution is -2.42. The standard InChI is InChI=1S/C13H21N3O2/c1-10-3-4-12-11(2)16(7-6-15(10)12)13(17)9-18-8-5-14/h3-4,11H,5-9,14H2,1-2H3. The quantitative estimate of drug-likeness (QED) is 0.800. The molecule has 18 heavy (non-hydrogen) atoms. The number of nitrogens with two attached hydrogens (primary N) is 1. The Balaban J connectivity index is 2.02. The van der Waals surface area contributed by atoms with Gasteiger partial charge in [0.15, 0.2) is 0 Å². The van der Waals surface area contributed by atoms with Crippen molar-refractivity contribution in [2.45, 2.75) is 26.4 Å². The van der Waals surface area contributed by atoms with E-state index in [0.717, 1.165) is 13.1 Å². The van der Waals surface area contributed by atoms with E-state index in [1.165, 1.54) is 11.4 Å². The van der Waals surface area contributed by atoms with E-state index in [4.69, 9.17) is 10.5 Å². The highest BCUT2D eigenvalue weighted by Gasteiger charge is 2.27. The maximum absolute atomic E-state index is 12.1. The van der Waals surface area contributed by atoms with Crippen LogP contribution in [0.25, 0.3) is 0 Å². The molecule has 1 atom stereocenters. The molecule has 1 amide bonds. The zero-order valence-electron chi connectivity index (χ0n) is 11.1. The van der Waals surface area contributed by atoms with Crippen molar-refractivity contribution in [3.05, 3.63) is 23.5 Å². The van der Waals surface area contributed by atoms with Crippen molar-refractivity contribution in [2.24, 2.45) is 5.73 Å². The number of hydrogen-bond donors (Lipinski definition) is 1. The third-order valence-corrected chi connectivity index (χ3v) is 3.50. The Bertz CT molecular complexity index is 428. The van der Waals surface area contributed by atoms with E-state index in [9.17, 15) is 4.79 Å². The van der Waals surface area contributed by atoms with Gasteiger partial charge in [0.25, 0.3) is 0 Å². The number of nitrogens with zero attached hydrogens (tertiary/aromatic N) is 2. The van der Waals surface area contributed by atoms with Crippen LogP contribution in [0.5, 0.6) is 0 Å². The molecule has 0 bridgehead atoms. The van der Waals surface area contributed by atoms with Crippen LogP contribution in [0.15, 0.2) is 12.1 Å². The first kappa shape index (κ1) is 13.1. The molecule has 2 heterocycles. The van der Waals surface area contributed by atoms with Gasteiger partial charge in [0.1, 0.15) is 6.61 Å². The number of rotatable bonds is 4. The topological polar surface area (TPSA) is 60.5 Å². The van der Waals surface area contributed by atoms with Gasteiger partial charge < -0.3 is 19.9 Å². The summed E-state index contributed by atoms with van der Waals surface area (Å²) in [4.78, 5) is 13.9. The van der Waals surface area contributed by atoms with Crippen LogP contribution < -0.4 is 5.73 Å². The lowest BCUT2D eigenvalue weighted by Gasteiger charge is -2.35. The molecule has 0 saturated carbocycles. The highest BCUT2D eigenvalue weighted by molar-refractivity contribution is 5.78. The fraction of sp³-hybridized carbons (Fsp3) is 0.615. The highest BCUT2D eigenvalue weighted by atomic mass is 16.5. The van der Waals surface area contributed by atoms with Crippen molar-refractivity contribution in [1.82, 2.24) is 9.47 Å². The predicted molar refractivity (Wildman–Crippen MR) is 69.2 cm³/mol. The fourth-order valence-corrected chi connectivity index (χ4v) is 2.49. The first-order chi connectivity index (χ1) is 8.65. The largest absolute Gasteiger partial charge is 0.370 e. The molecule has 1 aliphatic heterocycles. The van der Waals surface area contributed by atoms with Crippen LogP contribution in [0.3, 0.4) is 0 Å². The fourth-order valence-electron chi connectivity index (χ4n) is 2.49. The third-order valence-electron chi connectivity index (χ3n) is 3.50. The minimum atomic E-state index is 0.0426. The Morgan fingerprint density at radius 1 is 1.50 bits per heavy atom. The third kappa shape index (κ3) is 2.42. The first-order valence-electron chi connectivity index (χ1n) is 6.38. The van der Waals surface area contributed by atoms with Crippen LogP contribution in [0.2, 0.25) is 0 Å². The van der Waals surface area contributed by atoms with Crippen LogP contribution >= 0.6 is 0 Å². The number of carbonyl (C=O) groups excluding carboxylic acids is 1. The normalized spacial score (nSPS) is 18.8. The van der Waals surface area contributed by atoms with E-state index >= 15 is 0 Å². The first-order valence-corrected chi connectivity index (χ1v) is 6.38. The van der Waals surface area contributed by atoms with E-state index < -0.39 is 0 Å². The summed E-state index contributed by atoms with van der Waals surface area (Å²) >= 11 is 0. The van der Waals surface area contributed by atoms with Crippen molar-refractivity contribution in [2.75, 3.05) is 26.3 Å². The Labute approximate surface area is 108 Å². The molecule has 1 aromatic rings. The molecule has 0 aliphatic carbocycles. The molecule has 1 unspecified atom stereocenters. The van der Waals surface area contributed by atoms with Crippen LogP contribution in [-0.2, 0) is 16.1 Å². The second-order valence-electron chi connectivity index (χ2n) is 4.66. The molecule has 0 fully saturated rings. The molecular weight excluding hydrogens is 230 g/mol. The number of aryl methyl sites for hydroxylation is 1. The molecule has 0 radical (unpaired) electrons. The molecule has 5 heteroatoms. The maximum Gasteiger partial charge on any atom is 0.249 e. The number of aromatic nitrogens is 1. The average Bonchev–Trinajstić information content (AvgIpc) is 2.73. The molecule has 2 rings (SSSR count). The summed E-state index contributed by atoms with van der Waals surface area (Å²) in [7, 11) is 0. The average molecular weight is 251 g/mol. The Morgan fingerprint density at radius 2 is 2.28 bits per heavy atom. The number of amides is 1. The van der Waals surface area contributed by atoms with Crippen molar-refractivity contribution in [3.8, 4) is 0 Å². The molecule has 5 nitrogen and oxygen atoms in total. The van der Waals surface area contributed by atoms with Gasteiger partial charge in [-0.25, -0.2) is 0 Å². The van der Waals surface area contributed by atoms with E-state index in [1.54, 1.807) is 0 Å². The SMILES string of the molecule is Cc1ccc2n1CCN(C(=O)COCCN)C2C. The van der Waals surface area contributed by atoms with Crippen LogP contribution in [-0.4, -0.2) is 41.7 Å². The van der Waals surface area contributed by atoms with Crippen molar-refractivity contribution >= 4 is 5.91 Å². The van der Waals surface area contributed by atoms with Gasteiger partial charge in [-0.15, -0.1) is 0 Å². The molecule has 1 aliphatic rings. The Kier molecular flexibility index (Phi) is 4.04. The minimum Gasteiger partial charge on any atom is -0.370 e. The van der Waals surface area contributed by atoms with E-state index in [-0.39, 0.29) is 18.6 Å². The molecule has 1 aromatic heterocycles. The lowest BCUT2D eigenvalue weighted by molar-refractivity contribution is -0.139. The summed E-state index contributed by atoms with van der Waals surface area (Å²) in [6, 6.07) is 4.31. The second-order valence-corrected chi connectivity index (χ2v) is 4.66. The molecule has 0 aromatic carbocycles. The van der Waals surface area contributed by atoms with Gasteiger partial charge in [0.05, 0.1) is 12.6 Å². The summed E-state index contributed by atoms with van der Waals surface area (Å²) in [5.41, 5.74) is 7.79. The lowest BCUT2D eigenvalue weighted by atomic mass is 10.1. The van der Waals surface area contributed by atoms with Gasteiger partial charge in [0.2, 0.25) is 5.91 Å². The number of carbonyl (C=O) groups is 1. The van der Waals surface area contributed by atoms with Crippen molar-refractivity contribution in [3.63, 3.8) is 0 Å². The number of hydrogen-bond acceptors (Lipinski definition) is 3. The molecule has 0 spiro atoms. The maximum atomic E-state index is 12.1. The Hall–Kier alpha value is -1.33. The van der Waals surface area contributed by atoms with Crippen LogP contribution in [0.1, 0.15) is 24.4 Å². The minimum absolute atomic E-state index is 0.0426. The summed E-state index contributed by atoms with van der Waals surface area (Å²) in [6.45, 7) is 6.77. The second kappa shape index (κ2) is 5.54. The van der Waals surface area contributed by atoms with E-state index in [2.05, 4.69) is 30.5 Å². The van der Waals surface area contributed by atoms with Gasteiger partial charge in [-0.2, -0.15) is 0 Å². The molecule has 2 N–H and O–H groups in total. The zero-order valence-corrected chi connectivity index (χ0v) is 11.1. The smallest absolute Gasteiger partial charge is 0.249 e. The monoisotopic (exact) mass is 251 g/mol. The molecule has 0 saturated heterocycles. The molecule has 100 valence electrons. The van der Waals surface area contributed by atoms with Gasteiger partial charge in [0, 0.05) is 31.0 Å². The van der Waals surface area contributed by atoms with Crippen LogP contribution in [0.4, 0.5) is 0 Å². The summed E-state index contributed by atoms with van der Waals surface area (Å²) in [6.07, 6.45) is 0. The van der Waals surface area contributed by atoms with Crippen molar-refractivity contribution < 1.29 is 9.53 Å². The van der Waals surface area contributed by atoms with E-state index in [1.807, 2.05) is 4.90 Å². The Morgan fingerprint density at radius 3 is 3.00 bits per heavy atom. The van der Waals surface area contributed by atoms with Gasteiger partial charge in [-0.3, -0.25) is 4.79 Å². The van der Waals surface area contributed by atoms with Crippen LogP contribution in [0, 0.1) is 6.92 Å². The summed E-state index contributed by atoms with van der Waals surface area (Å²) in [5.74, 6) is 0.0426. The number of fused-ring (bicyclic) bond motifs is 1. The van der Waals surface area contributed by atoms with Crippen molar-refractivity contribution in [1.29, 1.82) is 0 Å². The van der Waals surface area contributed by atoms with E-state index in [0.29, 0.717) is 13.2 Å². The molecular formula is C13H21N3O2. The number of ether oxygens (including phenoxy) is 1. The summed E-state index contributed by atoms with van der Waals surface area (Å²) < 4.78 is 7.49.